The zero-order valence-electron chi connectivity index (χ0n) is 11.4. The molecule has 2 aromatic carbocycles. The van der Waals surface area contributed by atoms with Gasteiger partial charge in [0.15, 0.2) is 0 Å². The van der Waals surface area contributed by atoms with Gasteiger partial charge in [0.25, 0.3) is 0 Å². The lowest BCUT2D eigenvalue weighted by Gasteiger charge is -2.13. The minimum Gasteiger partial charge on any atom is -0.384 e. The third kappa shape index (κ3) is 3.01. The lowest BCUT2D eigenvalue weighted by Crippen LogP contribution is -2.00. The highest BCUT2D eigenvalue weighted by Gasteiger charge is 2.17. The number of aliphatic hydroxyl groups excluding tert-OH is 1. The Hall–Kier alpha value is -1.45. The van der Waals surface area contributed by atoms with E-state index in [1.54, 1.807) is 24.4 Å². The monoisotopic (exact) mass is 351 g/mol. The van der Waals surface area contributed by atoms with Crippen LogP contribution in [0.5, 0.6) is 0 Å². The molecule has 2 N–H and O–H groups in total. The maximum Gasteiger partial charge on any atom is 0.106 e. The van der Waals surface area contributed by atoms with Gasteiger partial charge in [-0.3, -0.25) is 0 Å². The quantitative estimate of drug-likeness (QED) is 0.621. The lowest BCUT2D eigenvalue weighted by molar-refractivity contribution is 0.221. The molecule has 0 spiro atoms. The first kappa shape index (κ1) is 15.4. The number of rotatable bonds is 3. The molecule has 1 atom stereocenters. The van der Waals surface area contributed by atoms with Crippen molar-refractivity contribution in [1.82, 2.24) is 4.98 Å². The van der Waals surface area contributed by atoms with E-state index < -0.39 is 6.10 Å². The standard InChI is InChI=1S/C17H12Cl3NO/c18-12-4-1-10(2-5-12)13-8-21-9-14(13)17(22)11-3-6-15(19)16(20)7-11/h1-9,17,21-22H/t17-/m0/s1. The SMILES string of the molecule is O[C@@H](c1ccc(Cl)c(Cl)c1)c1c[nH]cc1-c1ccc(Cl)cc1. The zero-order valence-corrected chi connectivity index (χ0v) is 13.6. The fourth-order valence-corrected chi connectivity index (χ4v) is 2.78. The second-order valence-corrected chi connectivity index (χ2v) is 6.16. The third-order valence-corrected chi connectivity index (χ3v) is 4.48. The summed E-state index contributed by atoms with van der Waals surface area (Å²) in [5.41, 5.74) is 3.33. The first-order chi connectivity index (χ1) is 10.6. The van der Waals surface area contributed by atoms with Crippen LogP contribution < -0.4 is 0 Å². The number of hydrogen-bond acceptors (Lipinski definition) is 1. The molecule has 0 aliphatic carbocycles. The van der Waals surface area contributed by atoms with Crippen LogP contribution in [0, 0.1) is 0 Å². The van der Waals surface area contributed by atoms with Crippen molar-refractivity contribution in [2.24, 2.45) is 0 Å². The van der Waals surface area contributed by atoms with Crippen LogP contribution in [0.2, 0.25) is 15.1 Å². The van der Waals surface area contributed by atoms with E-state index in [2.05, 4.69) is 4.98 Å². The van der Waals surface area contributed by atoms with E-state index in [0.717, 1.165) is 16.7 Å². The maximum atomic E-state index is 10.6. The third-order valence-electron chi connectivity index (χ3n) is 3.49. The Balaban J connectivity index is 2.00. The summed E-state index contributed by atoms with van der Waals surface area (Å²) in [6, 6.07) is 12.6. The molecule has 0 saturated carbocycles. The molecule has 1 heterocycles. The normalized spacial score (nSPS) is 12.4. The number of nitrogens with one attached hydrogen (secondary N) is 1. The van der Waals surface area contributed by atoms with Gasteiger partial charge in [-0.1, -0.05) is 53.0 Å². The van der Waals surface area contributed by atoms with Crippen LogP contribution in [-0.2, 0) is 0 Å². The second-order valence-electron chi connectivity index (χ2n) is 4.91. The fourth-order valence-electron chi connectivity index (χ4n) is 2.34. The molecule has 2 nitrogen and oxygen atoms in total. The Morgan fingerprint density at radius 2 is 1.59 bits per heavy atom. The molecule has 0 radical (unpaired) electrons. The van der Waals surface area contributed by atoms with Crippen molar-refractivity contribution in [1.29, 1.82) is 0 Å². The van der Waals surface area contributed by atoms with Gasteiger partial charge in [0.2, 0.25) is 0 Å². The van der Waals surface area contributed by atoms with Crippen LogP contribution in [0.3, 0.4) is 0 Å². The number of halogens is 3. The molecule has 3 rings (SSSR count). The molecule has 0 aliphatic heterocycles. The first-order valence-electron chi connectivity index (χ1n) is 6.62. The summed E-state index contributed by atoms with van der Waals surface area (Å²) < 4.78 is 0. The molecule has 5 heteroatoms. The van der Waals surface area contributed by atoms with Crippen molar-refractivity contribution in [2.75, 3.05) is 0 Å². The molecule has 0 saturated heterocycles. The fraction of sp³-hybridized carbons (Fsp3) is 0.0588. The lowest BCUT2D eigenvalue weighted by atomic mass is 9.97. The summed E-state index contributed by atoms with van der Waals surface area (Å²) >= 11 is 17.9. The van der Waals surface area contributed by atoms with Gasteiger partial charge in [-0.05, 0) is 35.4 Å². The van der Waals surface area contributed by atoms with Crippen LogP contribution >= 0.6 is 34.8 Å². The average molecular weight is 353 g/mol. The van der Waals surface area contributed by atoms with Crippen LogP contribution in [0.25, 0.3) is 11.1 Å². The molecule has 0 amide bonds. The van der Waals surface area contributed by atoms with Gasteiger partial charge >= 0.3 is 0 Å². The van der Waals surface area contributed by atoms with Crippen LogP contribution in [0.4, 0.5) is 0 Å². The Bertz CT molecular complexity index is 796. The van der Waals surface area contributed by atoms with E-state index >= 15 is 0 Å². The van der Waals surface area contributed by atoms with Gasteiger partial charge in [0, 0.05) is 28.5 Å². The smallest absolute Gasteiger partial charge is 0.106 e. The number of aromatic amines is 1. The molecule has 3 aromatic rings. The van der Waals surface area contributed by atoms with Crippen LogP contribution in [0.15, 0.2) is 54.9 Å². The molecule has 112 valence electrons. The summed E-state index contributed by atoms with van der Waals surface area (Å²) in [4.78, 5) is 3.04. The van der Waals surface area contributed by atoms with E-state index in [9.17, 15) is 5.11 Å². The van der Waals surface area contributed by atoms with Crippen molar-refractivity contribution in [2.45, 2.75) is 6.10 Å². The molecule has 22 heavy (non-hydrogen) atoms. The number of hydrogen-bond donors (Lipinski definition) is 2. The predicted octanol–water partition coefficient (Wildman–Crippen LogP) is 5.72. The van der Waals surface area contributed by atoms with Crippen molar-refractivity contribution < 1.29 is 5.11 Å². The van der Waals surface area contributed by atoms with Gasteiger partial charge in [-0.2, -0.15) is 0 Å². The van der Waals surface area contributed by atoms with Gasteiger partial charge in [-0.25, -0.2) is 0 Å². The number of benzene rings is 2. The van der Waals surface area contributed by atoms with E-state index in [-0.39, 0.29) is 0 Å². The Morgan fingerprint density at radius 1 is 0.864 bits per heavy atom. The molecular weight excluding hydrogens is 341 g/mol. The summed E-state index contributed by atoms with van der Waals surface area (Å²) in [7, 11) is 0. The topological polar surface area (TPSA) is 36.0 Å². The van der Waals surface area contributed by atoms with Crippen molar-refractivity contribution in [3.8, 4) is 11.1 Å². The van der Waals surface area contributed by atoms with Crippen molar-refractivity contribution >= 4 is 34.8 Å². The Labute approximate surface area is 143 Å². The summed E-state index contributed by atoms with van der Waals surface area (Å²) in [6.07, 6.45) is 2.82. The largest absolute Gasteiger partial charge is 0.384 e. The number of aliphatic hydroxyl groups is 1. The van der Waals surface area contributed by atoms with E-state index in [1.165, 1.54) is 0 Å². The summed E-state index contributed by atoms with van der Waals surface area (Å²) in [5.74, 6) is 0. The number of H-pyrrole nitrogens is 1. The van der Waals surface area contributed by atoms with Gasteiger partial charge in [0.1, 0.15) is 6.10 Å². The average Bonchev–Trinajstić information content (AvgIpc) is 2.99. The number of aromatic nitrogens is 1. The van der Waals surface area contributed by atoms with Gasteiger partial charge < -0.3 is 10.1 Å². The van der Waals surface area contributed by atoms with Crippen LogP contribution in [-0.4, -0.2) is 10.1 Å². The van der Waals surface area contributed by atoms with Gasteiger partial charge in [-0.15, -0.1) is 0 Å². The molecule has 0 fully saturated rings. The van der Waals surface area contributed by atoms with E-state index in [1.807, 2.05) is 30.5 Å². The highest BCUT2D eigenvalue weighted by Crippen LogP contribution is 2.34. The zero-order chi connectivity index (χ0) is 15.7. The highest BCUT2D eigenvalue weighted by molar-refractivity contribution is 6.42. The minimum absolute atomic E-state index is 0.418. The predicted molar refractivity (Wildman–Crippen MR) is 91.8 cm³/mol. The Morgan fingerprint density at radius 3 is 2.27 bits per heavy atom. The Kier molecular flexibility index (Phi) is 4.46. The van der Waals surface area contributed by atoms with Crippen molar-refractivity contribution in [3.05, 3.63) is 81.1 Å². The van der Waals surface area contributed by atoms with E-state index in [4.69, 9.17) is 34.8 Å². The van der Waals surface area contributed by atoms with E-state index in [0.29, 0.717) is 20.6 Å². The van der Waals surface area contributed by atoms with Gasteiger partial charge in [0.05, 0.1) is 10.0 Å². The summed E-state index contributed by atoms with van der Waals surface area (Å²) in [5, 5.41) is 12.2. The first-order valence-corrected chi connectivity index (χ1v) is 7.75. The molecule has 1 aromatic heterocycles. The highest BCUT2D eigenvalue weighted by atomic mass is 35.5. The maximum absolute atomic E-state index is 10.6. The molecule has 0 unspecified atom stereocenters. The second kappa shape index (κ2) is 6.35. The van der Waals surface area contributed by atoms with Crippen molar-refractivity contribution in [3.63, 3.8) is 0 Å². The van der Waals surface area contributed by atoms with Crippen LogP contribution in [0.1, 0.15) is 17.2 Å². The minimum atomic E-state index is -0.799. The molecular formula is C17H12Cl3NO. The summed E-state index contributed by atoms with van der Waals surface area (Å²) in [6.45, 7) is 0. The molecule has 0 bridgehead atoms. The molecule has 0 aliphatic rings.